The maximum Gasteiger partial charge on any atom is 0.416 e. The summed E-state index contributed by atoms with van der Waals surface area (Å²) in [5.74, 6) is 0.446. The van der Waals surface area contributed by atoms with Crippen LogP contribution in [0.25, 0.3) is 0 Å². The number of hydrogen-bond acceptors (Lipinski definition) is 3. The first-order chi connectivity index (χ1) is 13.3. The number of halogens is 3. The molecule has 154 valence electrons. The van der Waals surface area contributed by atoms with Gasteiger partial charge in [0.05, 0.1) is 18.2 Å². The molecule has 2 unspecified atom stereocenters. The van der Waals surface area contributed by atoms with Crippen LogP contribution in [-0.2, 0) is 10.9 Å². The lowest BCUT2D eigenvalue weighted by Gasteiger charge is -2.35. The normalized spacial score (nSPS) is 26.7. The van der Waals surface area contributed by atoms with Gasteiger partial charge in [0.25, 0.3) is 5.91 Å². The first-order valence-electron chi connectivity index (χ1n) is 10.2. The van der Waals surface area contributed by atoms with E-state index in [2.05, 4.69) is 17.6 Å². The molecular formula is C21H27F3N2O2. The summed E-state index contributed by atoms with van der Waals surface area (Å²) >= 11 is 0. The SMILES string of the molecule is CC(NC1CCOC[C@H]1NC(=O)c1ccc(C(F)(F)F)cc1C1CC1)C1CC1. The van der Waals surface area contributed by atoms with Gasteiger partial charge in [0.2, 0.25) is 0 Å². The average Bonchev–Trinajstić information content (AvgIpc) is 3.55. The predicted octanol–water partition coefficient (Wildman–Crippen LogP) is 3.86. The largest absolute Gasteiger partial charge is 0.416 e. The number of rotatable bonds is 6. The summed E-state index contributed by atoms with van der Waals surface area (Å²) in [7, 11) is 0. The lowest BCUT2D eigenvalue weighted by Crippen LogP contribution is -2.57. The number of nitrogens with one attached hydrogen (secondary N) is 2. The lowest BCUT2D eigenvalue weighted by atomic mass is 9.97. The van der Waals surface area contributed by atoms with Crippen molar-refractivity contribution < 1.29 is 22.7 Å². The molecule has 0 spiro atoms. The van der Waals surface area contributed by atoms with E-state index in [1.807, 2.05) is 0 Å². The Morgan fingerprint density at radius 1 is 1.14 bits per heavy atom. The van der Waals surface area contributed by atoms with Crippen molar-refractivity contribution in [1.29, 1.82) is 0 Å². The number of ether oxygens (including phenoxy) is 1. The van der Waals surface area contributed by atoms with Crippen molar-refractivity contribution >= 4 is 5.91 Å². The highest BCUT2D eigenvalue weighted by Crippen LogP contribution is 2.43. The molecule has 1 aromatic rings. The summed E-state index contributed by atoms with van der Waals surface area (Å²) in [6.07, 6.45) is 0.554. The molecule has 0 aromatic heterocycles. The fourth-order valence-electron chi connectivity index (χ4n) is 4.07. The summed E-state index contributed by atoms with van der Waals surface area (Å²) in [4.78, 5) is 12.9. The predicted molar refractivity (Wildman–Crippen MR) is 99.2 cm³/mol. The van der Waals surface area contributed by atoms with Crippen LogP contribution in [-0.4, -0.2) is 37.2 Å². The summed E-state index contributed by atoms with van der Waals surface area (Å²) in [5.41, 5.74) is 0.180. The Kier molecular flexibility index (Phi) is 5.40. The molecule has 1 amide bonds. The number of benzene rings is 1. The molecule has 3 atom stereocenters. The zero-order valence-corrected chi connectivity index (χ0v) is 16.0. The minimum Gasteiger partial charge on any atom is -0.379 e. The summed E-state index contributed by atoms with van der Waals surface area (Å²) in [5, 5.41) is 6.65. The van der Waals surface area contributed by atoms with E-state index in [0.29, 0.717) is 36.3 Å². The molecule has 2 aliphatic carbocycles. The molecule has 2 N–H and O–H groups in total. The van der Waals surface area contributed by atoms with Crippen LogP contribution in [0.5, 0.6) is 0 Å². The Morgan fingerprint density at radius 3 is 2.54 bits per heavy atom. The first kappa shape index (κ1) is 19.7. The highest BCUT2D eigenvalue weighted by molar-refractivity contribution is 5.96. The Bertz CT molecular complexity index is 729. The molecule has 1 heterocycles. The van der Waals surface area contributed by atoms with Crippen molar-refractivity contribution in [3.8, 4) is 0 Å². The molecule has 2 saturated carbocycles. The number of amides is 1. The fraction of sp³-hybridized carbons (Fsp3) is 0.667. The molecule has 3 aliphatic rings. The van der Waals surface area contributed by atoms with Gasteiger partial charge in [-0.25, -0.2) is 0 Å². The Labute approximate surface area is 163 Å². The Balaban J connectivity index is 1.48. The second kappa shape index (κ2) is 7.67. The van der Waals surface area contributed by atoms with Gasteiger partial charge in [-0.3, -0.25) is 4.79 Å². The second-order valence-corrected chi connectivity index (χ2v) is 8.42. The van der Waals surface area contributed by atoms with Crippen LogP contribution in [0.15, 0.2) is 18.2 Å². The van der Waals surface area contributed by atoms with Gasteiger partial charge >= 0.3 is 6.18 Å². The van der Waals surface area contributed by atoms with Crippen molar-refractivity contribution in [2.75, 3.05) is 13.2 Å². The number of carbonyl (C=O) groups excluding carboxylic acids is 1. The van der Waals surface area contributed by atoms with Gasteiger partial charge in [-0.2, -0.15) is 13.2 Å². The third-order valence-corrected chi connectivity index (χ3v) is 6.12. The van der Waals surface area contributed by atoms with Crippen LogP contribution < -0.4 is 10.6 Å². The molecule has 4 nitrogen and oxygen atoms in total. The smallest absolute Gasteiger partial charge is 0.379 e. The van der Waals surface area contributed by atoms with E-state index in [4.69, 9.17) is 4.74 Å². The third kappa shape index (κ3) is 4.51. The van der Waals surface area contributed by atoms with E-state index in [1.165, 1.54) is 18.9 Å². The van der Waals surface area contributed by atoms with Crippen LogP contribution in [0.1, 0.15) is 66.4 Å². The molecule has 1 aliphatic heterocycles. The van der Waals surface area contributed by atoms with Crippen LogP contribution >= 0.6 is 0 Å². The molecule has 3 fully saturated rings. The van der Waals surface area contributed by atoms with E-state index in [-0.39, 0.29) is 23.9 Å². The van der Waals surface area contributed by atoms with Gasteiger partial charge < -0.3 is 15.4 Å². The summed E-state index contributed by atoms with van der Waals surface area (Å²) < 4.78 is 44.8. The zero-order chi connectivity index (χ0) is 19.9. The van der Waals surface area contributed by atoms with E-state index in [1.54, 1.807) is 0 Å². The van der Waals surface area contributed by atoms with Crippen LogP contribution in [0.4, 0.5) is 13.2 Å². The third-order valence-electron chi connectivity index (χ3n) is 6.12. The Hall–Kier alpha value is -1.60. The van der Waals surface area contributed by atoms with E-state index in [9.17, 15) is 18.0 Å². The van der Waals surface area contributed by atoms with Crippen molar-refractivity contribution in [3.05, 3.63) is 34.9 Å². The topological polar surface area (TPSA) is 50.4 Å². The lowest BCUT2D eigenvalue weighted by molar-refractivity contribution is -0.137. The second-order valence-electron chi connectivity index (χ2n) is 8.42. The molecule has 1 saturated heterocycles. The monoisotopic (exact) mass is 396 g/mol. The number of alkyl halides is 3. The maximum absolute atomic E-state index is 13.1. The van der Waals surface area contributed by atoms with Gasteiger partial charge in [-0.15, -0.1) is 0 Å². The van der Waals surface area contributed by atoms with Crippen molar-refractivity contribution in [2.45, 2.75) is 69.2 Å². The average molecular weight is 396 g/mol. The standard InChI is InChI=1S/C21H27F3N2O2/c1-12(13-2-3-13)25-18-8-9-28-11-19(18)26-20(27)16-7-6-15(21(22,23)24)10-17(16)14-4-5-14/h6-7,10,12-14,18-19,25H,2-5,8-9,11H2,1H3,(H,26,27)/t12?,18?,19-/m1/s1. The molecule has 4 rings (SSSR count). The minimum atomic E-state index is -4.40. The van der Waals surface area contributed by atoms with Crippen LogP contribution in [0.3, 0.4) is 0 Å². The van der Waals surface area contributed by atoms with Gasteiger partial charge in [0.1, 0.15) is 0 Å². The fourth-order valence-corrected chi connectivity index (χ4v) is 4.07. The van der Waals surface area contributed by atoms with Gasteiger partial charge in [0.15, 0.2) is 0 Å². The minimum absolute atomic E-state index is 0.0504. The van der Waals surface area contributed by atoms with Crippen LogP contribution in [0.2, 0.25) is 0 Å². The van der Waals surface area contributed by atoms with Crippen molar-refractivity contribution in [2.24, 2.45) is 5.92 Å². The summed E-state index contributed by atoms with van der Waals surface area (Å²) in [6, 6.07) is 3.81. The maximum atomic E-state index is 13.1. The molecule has 0 bridgehead atoms. The quantitative estimate of drug-likeness (QED) is 0.768. The molecule has 28 heavy (non-hydrogen) atoms. The van der Waals surface area contributed by atoms with Gasteiger partial charge in [-0.1, -0.05) is 0 Å². The molecular weight excluding hydrogens is 369 g/mol. The molecule has 7 heteroatoms. The highest BCUT2D eigenvalue weighted by Gasteiger charge is 2.37. The van der Waals surface area contributed by atoms with Crippen LogP contribution in [0, 0.1) is 5.92 Å². The Morgan fingerprint density at radius 2 is 1.89 bits per heavy atom. The summed E-state index contributed by atoms with van der Waals surface area (Å²) in [6.45, 7) is 3.24. The van der Waals surface area contributed by atoms with E-state index < -0.39 is 11.7 Å². The number of hydrogen-bond donors (Lipinski definition) is 2. The van der Waals surface area contributed by atoms with Crippen molar-refractivity contribution in [1.82, 2.24) is 10.6 Å². The molecule has 0 radical (unpaired) electrons. The van der Waals surface area contributed by atoms with Gasteiger partial charge in [0, 0.05) is 24.3 Å². The zero-order valence-electron chi connectivity index (χ0n) is 16.0. The van der Waals surface area contributed by atoms with E-state index >= 15 is 0 Å². The van der Waals surface area contributed by atoms with E-state index in [0.717, 1.165) is 31.4 Å². The van der Waals surface area contributed by atoms with Gasteiger partial charge in [-0.05, 0) is 74.6 Å². The first-order valence-corrected chi connectivity index (χ1v) is 10.2. The number of carbonyl (C=O) groups is 1. The molecule has 1 aromatic carbocycles. The highest BCUT2D eigenvalue weighted by atomic mass is 19.4. The van der Waals surface area contributed by atoms with Crippen molar-refractivity contribution in [3.63, 3.8) is 0 Å².